The number of tetrazole rings is 1. The summed E-state index contributed by atoms with van der Waals surface area (Å²) in [6.45, 7) is 0. The van der Waals surface area contributed by atoms with E-state index in [2.05, 4.69) is 15.4 Å². The molecule has 1 aromatic rings. The van der Waals surface area contributed by atoms with Crippen LogP contribution in [0, 0.1) is 0 Å². The van der Waals surface area contributed by atoms with Gasteiger partial charge < -0.3 is 0 Å². The van der Waals surface area contributed by atoms with Crippen molar-refractivity contribution in [1.29, 1.82) is 0 Å². The van der Waals surface area contributed by atoms with Crippen LogP contribution in [0.1, 0.15) is 10.6 Å². The first kappa shape index (κ1) is 6.72. The van der Waals surface area contributed by atoms with Crippen molar-refractivity contribution in [3.63, 3.8) is 0 Å². The fraction of sp³-hybridized carbons (Fsp3) is 0.333. The lowest BCUT2D eigenvalue weighted by Crippen LogP contribution is -2.11. The first-order valence-corrected chi connectivity index (χ1v) is 2.27. The van der Waals surface area contributed by atoms with Crippen molar-refractivity contribution in [2.45, 2.75) is 6.43 Å². The minimum atomic E-state index is -3.07. The highest BCUT2D eigenvalue weighted by Crippen LogP contribution is 1.99. The van der Waals surface area contributed by atoms with E-state index in [1.54, 1.807) is 0 Å². The molecule has 1 N–H and O–H groups in total. The Hall–Kier alpha value is -1.40. The lowest BCUT2D eigenvalue weighted by molar-refractivity contribution is 0.0667. The van der Waals surface area contributed by atoms with E-state index in [0.29, 0.717) is 0 Å². The van der Waals surface area contributed by atoms with Gasteiger partial charge >= 0.3 is 6.43 Å². The predicted molar refractivity (Wildman–Crippen MR) is 24.5 cm³/mol. The van der Waals surface area contributed by atoms with Gasteiger partial charge in [0.15, 0.2) is 0 Å². The maximum Gasteiger partial charge on any atom is 0.303 e. The standard InChI is InChI=1S/C3H2F2N4O/c4-2(5)1(10)3-6-8-9-7-3/h2H,(H,6,7,8,9). The van der Waals surface area contributed by atoms with Crippen molar-refractivity contribution >= 4 is 5.78 Å². The second-order valence-corrected chi connectivity index (χ2v) is 1.40. The van der Waals surface area contributed by atoms with E-state index in [4.69, 9.17) is 0 Å². The fourth-order valence-electron chi connectivity index (χ4n) is 0.364. The number of rotatable bonds is 2. The number of nitrogens with zero attached hydrogens (tertiary/aromatic N) is 3. The number of ketones is 1. The summed E-state index contributed by atoms with van der Waals surface area (Å²) in [5, 5.41) is 10.9. The van der Waals surface area contributed by atoms with Gasteiger partial charge in [0.1, 0.15) is 0 Å². The molecule has 1 rings (SSSR count). The number of carbonyl (C=O) groups is 1. The topological polar surface area (TPSA) is 71.5 Å². The molecule has 5 nitrogen and oxygen atoms in total. The van der Waals surface area contributed by atoms with Crippen LogP contribution in [-0.2, 0) is 0 Å². The molecule has 0 aliphatic carbocycles. The SMILES string of the molecule is O=C(c1nn[nH]n1)C(F)F. The summed E-state index contributed by atoms with van der Waals surface area (Å²) >= 11 is 0. The number of aromatic nitrogens is 4. The first-order valence-electron chi connectivity index (χ1n) is 2.27. The van der Waals surface area contributed by atoms with Crippen molar-refractivity contribution in [3.05, 3.63) is 5.82 Å². The second-order valence-electron chi connectivity index (χ2n) is 1.40. The Morgan fingerprint density at radius 1 is 1.60 bits per heavy atom. The van der Waals surface area contributed by atoms with Gasteiger partial charge in [0.05, 0.1) is 0 Å². The van der Waals surface area contributed by atoms with Crippen LogP contribution in [-0.4, -0.2) is 32.8 Å². The van der Waals surface area contributed by atoms with Gasteiger partial charge in [-0.1, -0.05) is 0 Å². The molecule has 7 heteroatoms. The average Bonchev–Trinajstić information content (AvgIpc) is 2.36. The summed E-state index contributed by atoms with van der Waals surface area (Å²) in [7, 11) is 0. The molecule has 10 heavy (non-hydrogen) atoms. The third-order valence-electron chi connectivity index (χ3n) is 0.764. The monoisotopic (exact) mass is 148 g/mol. The number of Topliss-reactive ketones (excluding diaryl/α,β-unsaturated/α-hetero) is 1. The molecule has 0 saturated carbocycles. The zero-order valence-electron chi connectivity index (χ0n) is 4.58. The number of nitrogens with one attached hydrogen (secondary N) is 1. The van der Waals surface area contributed by atoms with Crippen LogP contribution in [0.5, 0.6) is 0 Å². The zero-order chi connectivity index (χ0) is 7.56. The summed E-state index contributed by atoms with van der Waals surface area (Å²) in [6, 6.07) is 0. The van der Waals surface area contributed by atoms with E-state index in [0.717, 1.165) is 0 Å². The largest absolute Gasteiger partial charge is 0.303 e. The van der Waals surface area contributed by atoms with Crippen LogP contribution < -0.4 is 0 Å². The van der Waals surface area contributed by atoms with E-state index < -0.39 is 18.0 Å². The maximum absolute atomic E-state index is 11.5. The van der Waals surface area contributed by atoms with Gasteiger partial charge in [-0.3, -0.25) is 4.79 Å². The number of hydrogen-bond donors (Lipinski definition) is 1. The lowest BCUT2D eigenvalue weighted by Gasteiger charge is -1.87. The van der Waals surface area contributed by atoms with Crippen LogP contribution in [0.15, 0.2) is 0 Å². The van der Waals surface area contributed by atoms with Gasteiger partial charge in [-0.25, -0.2) is 8.78 Å². The lowest BCUT2D eigenvalue weighted by atomic mass is 10.4. The highest BCUT2D eigenvalue weighted by Gasteiger charge is 2.21. The van der Waals surface area contributed by atoms with Crippen molar-refractivity contribution in [3.8, 4) is 0 Å². The number of aromatic amines is 1. The van der Waals surface area contributed by atoms with Crippen molar-refractivity contribution in [1.82, 2.24) is 20.6 Å². The third kappa shape index (κ3) is 1.12. The number of halogens is 2. The van der Waals surface area contributed by atoms with Crippen LogP contribution in [0.2, 0.25) is 0 Å². The minimum absolute atomic E-state index is 0.588. The summed E-state index contributed by atoms with van der Waals surface area (Å²) in [4.78, 5) is 10.3. The molecule has 1 heterocycles. The molecule has 54 valence electrons. The van der Waals surface area contributed by atoms with Gasteiger partial charge in [0.25, 0.3) is 5.78 Å². The average molecular weight is 148 g/mol. The molecule has 0 atom stereocenters. The Balaban J connectivity index is 2.78. The van der Waals surface area contributed by atoms with E-state index in [1.807, 2.05) is 5.21 Å². The molecule has 0 saturated heterocycles. The maximum atomic E-state index is 11.5. The minimum Gasteiger partial charge on any atom is -0.284 e. The molecule has 0 aliphatic rings. The highest BCUT2D eigenvalue weighted by molar-refractivity contribution is 5.94. The summed E-state index contributed by atoms with van der Waals surface area (Å²) in [5.41, 5.74) is 0. The van der Waals surface area contributed by atoms with Gasteiger partial charge in [-0.15, -0.1) is 10.2 Å². The Bertz CT molecular complexity index is 220. The van der Waals surface area contributed by atoms with Gasteiger partial charge in [-0.2, -0.15) is 5.21 Å². The molecule has 0 amide bonds. The predicted octanol–water partition coefficient (Wildman–Crippen LogP) is -0.353. The Kier molecular flexibility index (Phi) is 1.65. The van der Waals surface area contributed by atoms with Crippen LogP contribution in [0.25, 0.3) is 0 Å². The second kappa shape index (κ2) is 2.46. The van der Waals surface area contributed by atoms with E-state index >= 15 is 0 Å². The summed E-state index contributed by atoms with van der Waals surface area (Å²) in [6.07, 6.45) is -3.07. The van der Waals surface area contributed by atoms with Crippen LogP contribution >= 0.6 is 0 Å². The normalized spacial score (nSPS) is 10.3. The van der Waals surface area contributed by atoms with E-state index in [-0.39, 0.29) is 0 Å². The van der Waals surface area contributed by atoms with Gasteiger partial charge in [0, 0.05) is 0 Å². The first-order chi connectivity index (χ1) is 4.72. The van der Waals surface area contributed by atoms with Crippen LogP contribution in [0.3, 0.4) is 0 Å². The molecular formula is C3H2F2N4O. The molecule has 0 unspecified atom stereocenters. The zero-order valence-corrected chi connectivity index (χ0v) is 4.58. The van der Waals surface area contributed by atoms with Crippen molar-refractivity contribution < 1.29 is 13.6 Å². The number of hydrogen-bond acceptors (Lipinski definition) is 4. The Labute approximate surface area is 53.4 Å². The van der Waals surface area contributed by atoms with Crippen molar-refractivity contribution in [2.75, 3.05) is 0 Å². The summed E-state index contributed by atoms with van der Waals surface area (Å²) < 4.78 is 23.0. The van der Waals surface area contributed by atoms with Gasteiger partial charge in [-0.05, 0) is 5.21 Å². The molecule has 0 aliphatic heterocycles. The summed E-state index contributed by atoms with van der Waals surface area (Å²) in [5.74, 6) is -2.01. The van der Waals surface area contributed by atoms with Crippen LogP contribution in [0.4, 0.5) is 8.78 Å². The highest BCUT2D eigenvalue weighted by atomic mass is 19.3. The van der Waals surface area contributed by atoms with E-state index in [9.17, 15) is 13.6 Å². The number of carbonyl (C=O) groups excluding carboxylic acids is 1. The number of alkyl halides is 2. The molecule has 0 aromatic carbocycles. The molecule has 0 fully saturated rings. The molecule has 1 aromatic heterocycles. The molecular weight excluding hydrogens is 146 g/mol. The fourth-order valence-corrected chi connectivity index (χ4v) is 0.364. The van der Waals surface area contributed by atoms with Gasteiger partial charge in [0.2, 0.25) is 5.82 Å². The van der Waals surface area contributed by atoms with E-state index in [1.165, 1.54) is 0 Å². The van der Waals surface area contributed by atoms with Crippen molar-refractivity contribution in [2.24, 2.45) is 0 Å². The quantitative estimate of drug-likeness (QED) is 0.581. The molecule has 0 bridgehead atoms. The molecule has 0 radical (unpaired) electrons. The molecule has 0 spiro atoms. The smallest absolute Gasteiger partial charge is 0.284 e. The Morgan fingerprint density at radius 3 is 2.70 bits per heavy atom. The number of H-pyrrole nitrogens is 1. The third-order valence-corrected chi connectivity index (χ3v) is 0.764. The Morgan fingerprint density at radius 2 is 2.30 bits per heavy atom.